The molecule has 216 valence electrons. The second-order valence-electron chi connectivity index (χ2n) is 11.9. The monoisotopic (exact) mass is 550 g/mol. The minimum atomic E-state index is -0.799. The number of aliphatic hydroxyl groups is 2. The van der Waals surface area contributed by atoms with Crippen molar-refractivity contribution >= 4 is 23.3 Å². The van der Waals surface area contributed by atoms with Crippen LogP contribution in [0.5, 0.6) is 0 Å². The summed E-state index contributed by atoms with van der Waals surface area (Å²) in [4.78, 5) is 28.7. The first-order chi connectivity index (χ1) is 19.2. The molecular formula is C32H42N2O6. The molecule has 2 aromatic rings. The fourth-order valence-corrected chi connectivity index (χ4v) is 7.90. The predicted molar refractivity (Wildman–Crippen MR) is 154 cm³/mol. The van der Waals surface area contributed by atoms with Gasteiger partial charge >= 0.3 is 11.9 Å². The van der Waals surface area contributed by atoms with Crippen LogP contribution >= 0.6 is 0 Å². The van der Waals surface area contributed by atoms with E-state index in [1.165, 1.54) is 14.2 Å². The standard InChI is InChI=1S/2C16H21NO3/c2*1-17-12-8-4-3-7-11(12)13(15(18)20-2)14(17)16(19)9-5-6-10-16/h2*3-4,7-8,13-14,19H,5-6,9-10H2,1-2H3/t2*13-,14-/m11/s1. The van der Waals surface area contributed by atoms with Crippen LogP contribution in [0.15, 0.2) is 48.5 Å². The summed E-state index contributed by atoms with van der Waals surface area (Å²) in [6, 6.07) is 15.3. The number of rotatable bonds is 4. The Kier molecular flexibility index (Phi) is 7.86. The molecule has 40 heavy (non-hydrogen) atoms. The highest BCUT2D eigenvalue weighted by atomic mass is 16.5. The van der Waals surface area contributed by atoms with Crippen molar-refractivity contribution in [3.63, 3.8) is 0 Å². The molecule has 4 atom stereocenters. The number of methoxy groups -OCH3 is 2. The Morgan fingerprint density at radius 1 is 0.675 bits per heavy atom. The highest BCUT2D eigenvalue weighted by Crippen LogP contribution is 2.50. The van der Waals surface area contributed by atoms with E-state index < -0.39 is 23.0 Å². The Labute approximate surface area is 236 Å². The van der Waals surface area contributed by atoms with Gasteiger partial charge in [-0.25, -0.2) is 0 Å². The molecule has 0 spiro atoms. The van der Waals surface area contributed by atoms with Crippen molar-refractivity contribution in [2.45, 2.75) is 86.5 Å². The fourth-order valence-electron chi connectivity index (χ4n) is 7.90. The lowest BCUT2D eigenvalue weighted by atomic mass is 9.82. The molecule has 2 heterocycles. The van der Waals surface area contributed by atoms with Crippen LogP contribution in [-0.4, -0.2) is 73.8 Å². The summed E-state index contributed by atoms with van der Waals surface area (Å²) in [5.74, 6) is -1.31. The first-order valence-corrected chi connectivity index (χ1v) is 14.4. The number of nitrogens with zero attached hydrogens (tertiary/aromatic N) is 2. The average molecular weight is 551 g/mol. The minimum Gasteiger partial charge on any atom is -0.468 e. The molecule has 2 aromatic carbocycles. The van der Waals surface area contributed by atoms with Gasteiger partial charge in [0.1, 0.15) is 11.8 Å². The maximum Gasteiger partial charge on any atom is 0.315 e. The SMILES string of the molecule is COC(=O)[C@@H]1c2ccccc2N(C)[C@H]1C1(O)CCCC1.COC(=O)[C@@H]1c2ccccc2N(C)[C@H]1C1(O)CCCC1. The fraction of sp³-hybridized carbons (Fsp3) is 0.562. The van der Waals surface area contributed by atoms with Crippen LogP contribution in [0, 0.1) is 0 Å². The van der Waals surface area contributed by atoms with Gasteiger partial charge in [0.25, 0.3) is 0 Å². The van der Waals surface area contributed by atoms with Gasteiger partial charge < -0.3 is 29.5 Å². The molecule has 0 bridgehead atoms. The van der Waals surface area contributed by atoms with Gasteiger partial charge in [0.15, 0.2) is 0 Å². The van der Waals surface area contributed by atoms with Gasteiger partial charge in [0.05, 0.1) is 37.5 Å². The number of likely N-dealkylation sites (N-methyl/N-ethyl adjacent to an activating group) is 2. The summed E-state index contributed by atoms with van der Waals surface area (Å²) < 4.78 is 9.99. The molecule has 2 N–H and O–H groups in total. The third kappa shape index (κ3) is 4.65. The highest BCUT2D eigenvalue weighted by molar-refractivity contribution is 5.86. The lowest BCUT2D eigenvalue weighted by Crippen LogP contribution is -2.52. The van der Waals surface area contributed by atoms with Crippen LogP contribution in [0.2, 0.25) is 0 Å². The normalized spacial score (nSPS) is 27.4. The van der Waals surface area contributed by atoms with Gasteiger partial charge in [0, 0.05) is 25.5 Å². The van der Waals surface area contributed by atoms with Crippen LogP contribution in [0.1, 0.15) is 74.3 Å². The molecule has 0 aromatic heterocycles. The Morgan fingerprint density at radius 2 is 1.00 bits per heavy atom. The number of carbonyl (C=O) groups excluding carboxylic acids is 2. The van der Waals surface area contributed by atoms with Crippen molar-refractivity contribution in [2.24, 2.45) is 0 Å². The second kappa shape index (κ2) is 11.1. The van der Waals surface area contributed by atoms with E-state index in [1.54, 1.807) is 0 Å². The zero-order valence-electron chi connectivity index (χ0n) is 24.0. The molecular weight excluding hydrogens is 508 g/mol. The zero-order valence-corrected chi connectivity index (χ0v) is 24.0. The lowest BCUT2D eigenvalue weighted by molar-refractivity contribution is -0.145. The van der Waals surface area contributed by atoms with Crippen molar-refractivity contribution < 1.29 is 29.3 Å². The van der Waals surface area contributed by atoms with Crippen LogP contribution in [0.3, 0.4) is 0 Å². The summed E-state index contributed by atoms with van der Waals surface area (Å²) >= 11 is 0. The molecule has 2 fully saturated rings. The lowest BCUT2D eigenvalue weighted by Gasteiger charge is -2.38. The molecule has 0 saturated heterocycles. The van der Waals surface area contributed by atoms with Gasteiger partial charge in [-0.1, -0.05) is 62.1 Å². The Balaban J connectivity index is 0.000000161. The Bertz CT molecular complexity index is 1140. The Morgan fingerprint density at radius 3 is 1.32 bits per heavy atom. The molecule has 2 saturated carbocycles. The molecule has 0 unspecified atom stereocenters. The summed E-state index contributed by atoms with van der Waals surface area (Å²) in [6.45, 7) is 0. The third-order valence-electron chi connectivity index (χ3n) is 9.72. The highest BCUT2D eigenvalue weighted by Gasteiger charge is 2.54. The van der Waals surface area contributed by atoms with E-state index in [1.807, 2.05) is 62.6 Å². The van der Waals surface area contributed by atoms with E-state index in [9.17, 15) is 19.8 Å². The summed E-state index contributed by atoms with van der Waals surface area (Å²) in [5.41, 5.74) is 2.38. The van der Waals surface area contributed by atoms with Crippen molar-refractivity contribution in [3.05, 3.63) is 59.7 Å². The first-order valence-electron chi connectivity index (χ1n) is 14.4. The van der Waals surface area contributed by atoms with Crippen molar-refractivity contribution in [2.75, 3.05) is 38.1 Å². The van der Waals surface area contributed by atoms with Crippen molar-refractivity contribution in [1.82, 2.24) is 0 Å². The number of hydrogen-bond donors (Lipinski definition) is 2. The van der Waals surface area contributed by atoms with E-state index in [2.05, 4.69) is 9.80 Å². The number of anilines is 2. The average Bonchev–Trinajstić information content (AvgIpc) is 3.74. The van der Waals surface area contributed by atoms with E-state index in [0.29, 0.717) is 0 Å². The molecule has 0 amide bonds. The largest absolute Gasteiger partial charge is 0.468 e. The van der Waals surface area contributed by atoms with E-state index in [-0.39, 0.29) is 24.0 Å². The summed E-state index contributed by atoms with van der Waals surface area (Å²) in [7, 11) is 6.75. The molecule has 2 aliphatic heterocycles. The topological polar surface area (TPSA) is 99.5 Å². The number of carbonyl (C=O) groups is 2. The number of benzene rings is 2. The van der Waals surface area contributed by atoms with Gasteiger partial charge in [-0.3, -0.25) is 9.59 Å². The first kappa shape index (κ1) is 28.4. The van der Waals surface area contributed by atoms with E-state index in [4.69, 9.17) is 9.47 Å². The van der Waals surface area contributed by atoms with Gasteiger partial charge in [-0.2, -0.15) is 0 Å². The minimum absolute atomic E-state index is 0.227. The van der Waals surface area contributed by atoms with Crippen LogP contribution in [0.4, 0.5) is 11.4 Å². The van der Waals surface area contributed by atoms with E-state index in [0.717, 1.165) is 73.9 Å². The van der Waals surface area contributed by atoms with Crippen molar-refractivity contribution in [3.8, 4) is 0 Å². The number of fused-ring (bicyclic) bond motifs is 2. The molecule has 2 aliphatic carbocycles. The van der Waals surface area contributed by atoms with Crippen molar-refractivity contribution in [1.29, 1.82) is 0 Å². The van der Waals surface area contributed by atoms with Gasteiger partial charge in [-0.15, -0.1) is 0 Å². The number of esters is 2. The molecule has 4 aliphatic rings. The van der Waals surface area contributed by atoms with Gasteiger partial charge in [0.2, 0.25) is 0 Å². The molecule has 6 rings (SSSR count). The predicted octanol–water partition coefficient (Wildman–Crippen LogP) is 4.13. The number of ether oxygens (including phenoxy) is 2. The summed E-state index contributed by atoms with van der Waals surface area (Å²) in [6.07, 6.45) is 7.09. The molecule has 0 radical (unpaired) electrons. The Hall–Kier alpha value is -3.10. The summed E-state index contributed by atoms with van der Waals surface area (Å²) in [5, 5.41) is 22.0. The quantitative estimate of drug-likeness (QED) is 0.549. The van der Waals surface area contributed by atoms with Crippen LogP contribution in [0.25, 0.3) is 0 Å². The van der Waals surface area contributed by atoms with Crippen LogP contribution in [-0.2, 0) is 19.1 Å². The number of para-hydroxylation sites is 2. The molecule has 8 nitrogen and oxygen atoms in total. The zero-order chi connectivity index (χ0) is 28.7. The van der Waals surface area contributed by atoms with Crippen LogP contribution < -0.4 is 9.80 Å². The maximum absolute atomic E-state index is 12.3. The third-order valence-corrected chi connectivity index (χ3v) is 9.72. The maximum atomic E-state index is 12.3. The smallest absolute Gasteiger partial charge is 0.315 e. The van der Waals surface area contributed by atoms with Gasteiger partial charge in [-0.05, 0) is 48.9 Å². The van der Waals surface area contributed by atoms with E-state index >= 15 is 0 Å². The second-order valence-corrected chi connectivity index (χ2v) is 11.9. The molecule has 8 heteroatoms. The number of hydrogen-bond acceptors (Lipinski definition) is 8.